The Balaban J connectivity index is 2.19. The monoisotopic (exact) mass is 312 g/mol. The molecule has 1 aliphatic heterocycles. The van der Waals surface area contributed by atoms with Gasteiger partial charge >= 0.3 is 0 Å². The van der Waals surface area contributed by atoms with Crippen LogP contribution in [0.25, 0.3) is 0 Å². The van der Waals surface area contributed by atoms with Crippen LogP contribution < -0.4 is 14.8 Å². The van der Waals surface area contributed by atoms with E-state index >= 15 is 0 Å². The van der Waals surface area contributed by atoms with Crippen molar-refractivity contribution in [1.29, 1.82) is 0 Å². The van der Waals surface area contributed by atoms with Crippen molar-refractivity contribution in [1.82, 2.24) is 10.2 Å². The third kappa shape index (κ3) is 3.82. The highest BCUT2D eigenvalue weighted by Crippen LogP contribution is 2.40. The van der Waals surface area contributed by atoms with E-state index in [1.54, 1.807) is 14.2 Å². The zero-order chi connectivity index (χ0) is 15.2. The molecule has 1 aliphatic rings. The van der Waals surface area contributed by atoms with Crippen LogP contribution in [0.2, 0.25) is 5.02 Å². The topological polar surface area (TPSA) is 33.7 Å². The molecule has 1 aromatic rings. The third-order valence-corrected chi connectivity index (χ3v) is 4.34. The summed E-state index contributed by atoms with van der Waals surface area (Å²) < 4.78 is 10.9. The molecule has 0 unspecified atom stereocenters. The molecular formula is C16H25ClN2O2. The van der Waals surface area contributed by atoms with Gasteiger partial charge in [0.05, 0.1) is 19.2 Å². The molecule has 5 heteroatoms. The molecule has 0 spiro atoms. The second kappa shape index (κ2) is 7.87. The average Bonchev–Trinajstić information content (AvgIpc) is 2.53. The fraction of sp³-hybridized carbons (Fsp3) is 0.625. The zero-order valence-corrected chi connectivity index (χ0v) is 13.9. The van der Waals surface area contributed by atoms with Gasteiger partial charge < -0.3 is 19.7 Å². The number of benzene rings is 1. The summed E-state index contributed by atoms with van der Waals surface area (Å²) >= 11 is 6.34. The van der Waals surface area contributed by atoms with E-state index in [-0.39, 0.29) is 0 Å². The molecule has 0 bridgehead atoms. The molecule has 4 nitrogen and oxygen atoms in total. The van der Waals surface area contributed by atoms with Gasteiger partial charge in [-0.2, -0.15) is 0 Å². The zero-order valence-electron chi connectivity index (χ0n) is 13.2. The molecular weight excluding hydrogens is 288 g/mol. The highest BCUT2D eigenvalue weighted by atomic mass is 35.5. The number of nitrogens with zero attached hydrogens (tertiary/aromatic N) is 1. The molecule has 1 N–H and O–H groups in total. The van der Waals surface area contributed by atoms with Crippen molar-refractivity contribution < 1.29 is 9.47 Å². The van der Waals surface area contributed by atoms with Gasteiger partial charge in [-0.1, -0.05) is 18.5 Å². The van der Waals surface area contributed by atoms with E-state index in [2.05, 4.69) is 17.1 Å². The van der Waals surface area contributed by atoms with Crippen molar-refractivity contribution >= 4 is 11.6 Å². The molecule has 0 amide bonds. The summed E-state index contributed by atoms with van der Waals surface area (Å²) in [6.07, 6.45) is 1.90. The fourth-order valence-corrected chi connectivity index (χ4v) is 3.22. The lowest BCUT2D eigenvalue weighted by molar-refractivity contribution is 0.243. The summed E-state index contributed by atoms with van der Waals surface area (Å²) in [4.78, 5) is 2.49. The lowest BCUT2D eigenvalue weighted by Gasteiger charge is -2.27. The number of methoxy groups -OCH3 is 2. The maximum absolute atomic E-state index is 6.34. The van der Waals surface area contributed by atoms with E-state index in [1.807, 2.05) is 6.07 Å². The summed E-state index contributed by atoms with van der Waals surface area (Å²) in [5, 5.41) is 4.01. The summed E-state index contributed by atoms with van der Waals surface area (Å²) in [5.74, 6) is 1.42. The predicted octanol–water partition coefficient (Wildman–Crippen LogP) is 2.37. The molecule has 2 rings (SSSR count). The predicted molar refractivity (Wildman–Crippen MR) is 86.9 cm³/mol. The van der Waals surface area contributed by atoms with Crippen molar-refractivity contribution in [3.63, 3.8) is 0 Å². The van der Waals surface area contributed by atoms with E-state index in [0.29, 0.717) is 10.8 Å². The molecule has 21 heavy (non-hydrogen) atoms. The number of ether oxygens (including phenoxy) is 2. The van der Waals surface area contributed by atoms with Crippen LogP contribution in [0.1, 0.15) is 18.1 Å². The lowest BCUT2D eigenvalue weighted by atomic mass is 10.00. The van der Waals surface area contributed by atoms with Crippen molar-refractivity contribution in [3.05, 3.63) is 22.2 Å². The Kier molecular flexibility index (Phi) is 6.15. The van der Waals surface area contributed by atoms with Crippen molar-refractivity contribution in [2.24, 2.45) is 0 Å². The molecule has 0 radical (unpaired) electrons. The molecule has 0 aromatic heterocycles. The number of hydrogen-bond donors (Lipinski definition) is 1. The van der Waals surface area contributed by atoms with Gasteiger partial charge in [-0.05, 0) is 24.5 Å². The number of nitrogens with one attached hydrogen (secondary N) is 1. The highest BCUT2D eigenvalue weighted by Gasteiger charge is 2.18. The first-order valence-corrected chi connectivity index (χ1v) is 7.94. The smallest absolute Gasteiger partial charge is 0.179 e. The van der Waals surface area contributed by atoms with E-state index in [4.69, 9.17) is 21.1 Å². The van der Waals surface area contributed by atoms with E-state index < -0.39 is 0 Å². The van der Waals surface area contributed by atoms with Crippen LogP contribution in [0, 0.1) is 0 Å². The second-order valence-corrected chi connectivity index (χ2v) is 5.66. The Bertz CT molecular complexity index is 474. The van der Waals surface area contributed by atoms with E-state index in [9.17, 15) is 0 Å². The molecule has 0 atom stereocenters. The highest BCUT2D eigenvalue weighted by molar-refractivity contribution is 6.32. The van der Waals surface area contributed by atoms with E-state index in [0.717, 1.165) is 51.3 Å². The maximum atomic E-state index is 6.34. The second-order valence-electron chi connectivity index (χ2n) is 5.26. The van der Waals surface area contributed by atoms with Crippen LogP contribution >= 0.6 is 11.6 Å². The average molecular weight is 313 g/mol. The van der Waals surface area contributed by atoms with Crippen LogP contribution in [0.15, 0.2) is 6.07 Å². The van der Waals surface area contributed by atoms with Gasteiger partial charge in [-0.3, -0.25) is 0 Å². The van der Waals surface area contributed by atoms with E-state index in [1.165, 1.54) is 11.1 Å². The third-order valence-electron chi connectivity index (χ3n) is 4.05. The summed E-state index contributed by atoms with van der Waals surface area (Å²) in [6.45, 7) is 7.58. The number of rotatable bonds is 6. The van der Waals surface area contributed by atoms with Crippen LogP contribution in [0.3, 0.4) is 0 Å². The van der Waals surface area contributed by atoms with Gasteiger partial charge in [0.15, 0.2) is 11.5 Å². The Morgan fingerprint density at radius 1 is 1.19 bits per heavy atom. The Morgan fingerprint density at radius 2 is 1.86 bits per heavy atom. The fourth-order valence-electron chi connectivity index (χ4n) is 2.93. The first-order chi connectivity index (χ1) is 10.2. The molecule has 0 aliphatic carbocycles. The van der Waals surface area contributed by atoms with Gasteiger partial charge in [0, 0.05) is 38.3 Å². The Labute approximate surface area is 132 Å². The Morgan fingerprint density at radius 3 is 2.43 bits per heavy atom. The molecule has 118 valence electrons. The minimum absolute atomic E-state index is 0.627. The normalized spacial score (nSPS) is 16.0. The minimum atomic E-state index is 0.627. The van der Waals surface area contributed by atoms with Gasteiger partial charge in [0.2, 0.25) is 0 Å². The SMILES string of the molecule is CCc1c(CCN2CCNCC2)cc(Cl)c(OC)c1OC. The number of hydrogen-bond acceptors (Lipinski definition) is 4. The molecule has 1 heterocycles. The van der Waals surface area contributed by atoms with Gasteiger partial charge in [0.1, 0.15) is 0 Å². The van der Waals surface area contributed by atoms with Crippen molar-refractivity contribution in [3.8, 4) is 11.5 Å². The summed E-state index contributed by atoms with van der Waals surface area (Å²) in [5.41, 5.74) is 2.47. The van der Waals surface area contributed by atoms with Crippen LogP contribution in [0.5, 0.6) is 11.5 Å². The van der Waals surface area contributed by atoms with Crippen LogP contribution in [0.4, 0.5) is 0 Å². The van der Waals surface area contributed by atoms with Crippen molar-refractivity contribution in [2.45, 2.75) is 19.8 Å². The first kappa shape index (κ1) is 16.4. The van der Waals surface area contributed by atoms with Crippen molar-refractivity contribution in [2.75, 3.05) is 46.9 Å². The number of piperazine rings is 1. The van der Waals surface area contributed by atoms with Crippen LogP contribution in [-0.2, 0) is 12.8 Å². The van der Waals surface area contributed by atoms with Gasteiger partial charge in [0.25, 0.3) is 0 Å². The molecule has 1 aromatic carbocycles. The Hall–Kier alpha value is -0.970. The summed E-state index contributed by atoms with van der Waals surface area (Å²) in [6, 6.07) is 2.03. The standard InChI is InChI=1S/C16H25ClN2O2/c1-4-13-12(5-8-19-9-6-18-7-10-19)11-14(17)16(21-3)15(13)20-2/h11,18H,4-10H2,1-3H3. The quantitative estimate of drug-likeness (QED) is 0.874. The molecule has 1 saturated heterocycles. The van der Waals surface area contributed by atoms with Gasteiger partial charge in [-0.25, -0.2) is 0 Å². The first-order valence-electron chi connectivity index (χ1n) is 7.56. The number of halogens is 1. The minimum Gasteiger partial charge on any atom is -0.493 e. The van der Waals surface area contributed by atoms with Crippen LogP contribution in [-0.4, -0.2) is 51.8 Å². The molecule has 1 fully saturated rings. The largest absolute Gasteiger partial charge is 0.493 e. The van der Waals surface area contributed by atoms with Gasteiger partial charge in [-0.15, -0.1) is 0 Å². The molecule has 0 saturated carbocycles. The summed E-state index contributed by atoms with van der Waals surface area (Å²) in [7, 11) is 3.30. The maximum Gasteiger partial charge on any atom is 0.179 e. The lowest BCUT2D eigenvalue weighted by Crippen LogP contribution is -2.44.